The van der Waals surface area contributed by atoms with Crippen molar-refractivity contribution in [3.8, 4) is 0 Å². The quantitative estimate of drug-likeness (QED) is 0.201. The third kappa shape index (κ3) is 7.05. The van der Waals surface area contributed by atoms with Gasteiger partial charge in [0.05, 0.1) is 12.2 Å². The van der Waals surface area contributed by atoms with Crippen LogP contribution >= 0.6 is 0 Å². The maximum Gasteiger partial charge on any atom is 0.410 e. The monoisotopic (exact) mass is 602 g/mol. The molecule has 1 saturated heterocycles. The summed E-state index contributed by atoms with van der Waals surface area (Å²) in [6, 6.07) is 4.08. The van der Waals surface area contributed by atoms with Crippen LogP contribution in [-0.2, 0) is 9.47 Å². The normalized spacial score (nSPS) is 16.3. The molecule has 3 aromatic rings. The van der Waals surface area contributed by atoms with E-state index in [1.165, 1.54) is 0 Å². The van der Waals surface area contributed by atoms with E-state index in [0.29, 0.717) is 54.4 Å². The van der Waals surface area contributed by atoms with Crippen LogP contribution in [0.3, 0.4) is 0 Å². The Balaban J connectivity index is 1.34. The number of nitrogens with zero attached hydrogens (tertiary/aromatic N) is 5. The summed E-state index contributed by atoms with van der Waals surface area (Å²) in [6.07, 6.45) is 11.1. The van der Waals surface area contributed by atoms with E-state index >= 15 is 0 Å². The van der Waals surface area contributed by atoms with Crippen LogP contribution < -0.4 is 10.9 Å². The Morgan fingerprint density at radius 2 is 1.82 bits per heavy atom. The molecule has 1 N–H and O–H groups in total. The number of amides is 1. The highest BCUT2D eigenvalue weighted by molar-refractivity contribution is 5.84. The lowest BCUT2D eigenvalue weighted by atomic mass is 9.90. The fourth-order valence-electron chi connectivity index (χ4n) is 6.19. The van der Waals surface area contributed by atoms with Gasteiger partial charge in [0.25, 0.3) is 5.56 Å². The van der Waals surface area contributed by atoms with Crippen molar-refractivity contribution in [2.24, 2.45) is 0 Å². The molecule has 3 aromatic heterocycles. The first-order valence-electron chi connectivity index (χ1n) is 16.0. The number of aryl methyl sites for hydroxylation is 1. The van der Waals surface area contributed by atoms with Crippen molar-refractivity contribution in [3.63, 3.8) is 0 Å². The van der Waals surface area contributed by atoms with Gasteiger partial charge in [0.1, 0.15) is 22.8 Å². The topological polar surface area (TPSA) is 111 Å². The number of ether oxygens (including phenoxy) is 2. The second-order valence-corrected chi connectivity index (χ2v) is 13.0. The second kappa shape index (κ2) is 13.4. The third-order valence-electron chi connectivity index (χ3n) is 8.60. The molecule has 236 valence electrons. The molecule has 10 heteroatoms. The zero-order chi connectivity index (χ0) is 31.4. The van der Waals surface area contributed by atoms with Crippen molar-refractivity contribution in [2.45, 2.75) is 104 Å². The number of carbonyl (C=O) groups excluding carboxylic acids is 1. The van der Waals surface area contributed by atoms with Crippen LogP contribution in [0.1, 0.15) is 108 Å². The largest absolute Gasteiger partial charge is 0.493 e. The maximum atomic E-state index is 13.9. The minimum Gasteiger partial charge on any atom is -0.493 e. The highest BCUT2D eigenvalue weighted by Crippen LogP contribution is 2.33. The summed E-state index contributed by atoms with van der Waals surface area (Å²) in [5, 5.41) is 4.06. The second-order valence-electron chi connectivity index (χ2n) is 13.0. The van der Waals surface area contributed by atoms with E-state index in [4.69, 9.17) is 14.5 Å². The van der Waals surface area contributed by atoms with Crippen molar-refractivity contribution in [2.75, 3.05) is 25.0 Å². The van der Waals surface area contributed by atoms with E-state index in [2.05, 4.69) is 34.9 Å². The van der Waals surface area contributed by atoms with Gasteiger partial charge in [0.2, 0.25) is 5.95 Å². The molecule has 1 aliphatic heterocycles. The number of piperidine rings is 1. The summed E-state index contributed by atoms with van der Waals surface area (Å²) in [4.78, 5) is 42.3. The molecule has 44 heavy (non-hydrogen) atoms. The van der Waals surface area contributed by atoms with Crippen LogP contribution in [0.2, 0.25) is 0 Å². The van der Waals surface area contributed by atoms with Crippen molar-refractivity contribution in [1.29, 1.82) is 0 Å². The summed E-state index contributed by atoms with van der Waals surface area (Å²) in [6.45, 7) is 15.6. The zero-order valence-corrected chi connectivity index (χ0v) is 26.8. The number of carbonyl (C=O) groups is 1. The number of hydrogen-bond acceptors (Lipinski definition) is 8. The SMILES string of the molecule is C=C(OCCCC)c1c(C)c2cnc(Nc3ccc(C4CCN(C(=O)OC(C)(C)C)CC4)cn3)nc2n(C2CCCC2)c1=O. The number of hydrogen-bond donors (Lipinski definition) is 1. The Kier molecular flexibility index (Phi) is 9.56. The Bertz CT molecular complexity index is 1550. The van der Waals surface area contributed by atoms with Gasteiger partial charge < -0.3 is 19.7 Å². The first-order chi connectivity index (χ1) is 21.1. The molecular formula is C34H46N6O4. The molecular weight excluding hydrogens is 556 g/mol. The smallest absolute Gasteiger partial charge is 0.410 e. The van der Waals surface area contributed by atoms with Gasteiger partial charge in [-0.3, -0.25) is 9.36 Å². The molecule has 1 saturated carbocycles. The number of pyridine rings is 2. The van der Waals surface area contributed by atoms with E-state index in [9.17, 15) is 9.59 Å². The molecule has 2 fully saturated rings. The summed E-state index contributed by atoms with van der Waals surface area (Å²) in [7, 11) is 0. The van der Waals surface area contributed by atoms with Gasteiger partial charge in [-0.05, 0) is 82.9 Å². The molecule has 4 heterocycles. The molecule has 0 aromatic carbocycles. The number of nitrogens with one attached hydrogen (secondary N) is 1. The van der Waals surface area contributed by atoms with Gasteiger partial charge in [-0.1, -0.05) is 38.8 Å². The van der Waals surface area contributed by atoms with Gasteiger partial charge in [-0.2, -0.15) is 4.98 Å². The predicted molar refractivity (Wildman–Crippen MR) is 173 cm³/mol. The fourth-order valence-corrected chi connectivity index (χ4v) is 6.19. The lowest BCUT2D eigenvalue weighted by Crippen LogP contribution is -2.41. The van der Waals surface area contributed by atoms with Gasteiger partial charge >= 0.3 is 6.09 Å². The molecule has 2 aliphatic rings. The minimum atomic E-state index is -0.497. The Hall–Kier alpha value is -3.95. The van der Waals surface area contributed by atoms with Crippen molar-refractivity contribution >= 4 is 34.7 Å². The zero-order valence-electron chi connectivity index (χ0n) is 26.8. The summed E-state index contributed by atoms with van der Waals surface area (Å²) >= 11 is 0. The highest BCUT2D eigenvalue weighted by Gasteiger charge is 2.28. The first-order valence-corrected chi connectivity index (χ1v) is 16.0. The highest BCUT2D eigenvalue weighted by atomic mass is 16.6. The minimum absolute atomic E-state index is 0.0784. The average molecular weight is 603 g/mol. The van der Waals surface area contributed by atoms with Crippen molar-refractivity contribution in [1.82, 2.24) is 24.4 Å². The van der Waals surface area contributed by atoms with Crippen LogP contribution in [-0.4, -0.2) is 55.8 Å². The molecule has 1 amide bonds. The average Bonchev–Trinajstić information content (AvgIpc) is 3.51. The molecule has 0 atom stereocenters. The first kappa shape index (κ1) is 31.5. The van der Waals surface area contributed by atoms with E-state index in [-0.39, 0.29) is 17.7 Å². The van der Waals surface area contributed by atoms with Crippen molar-refractivity contribution < 1.29 is 14.3 Å². The van der Waals surface area contributed by atoms with E-state index < -0.39 is 5.60 Å². The van der Waals surface area contributed by atoms with Gasteiger partial charge in [-0.25, -0.2) is 14.8 Å². The molecule has 1 aliphatic carbocycles. The molecule has 0 bridgehead atoms. The van der Waals surface area contributed by atoms with Crippen molar-refractivity contribution in [3.05, 3.63) is 58.1 Å². The summed E-state index contributed by atoms with van der Waals surface area (Å²) < 4.78 is 13.3. The van der Waals surface area contributed by atoms with Crippen LogP contribution in [0.5, 0.6) is 0 Å². The fraction of sp³-hybridized carbons (Fsp3) is 0.559. The molecule has 5 rings (SSSR count). The molecule has 0 unspecified atom stereocenters. The van der Waals surface area contributed by atoms with Crippen LogP contribution in [0, 0.1) is 6.92 Å². The van der Waals surface area contributed by atoms with Gasteiger partial charge in [0, 0.05) is 36.9 Å². The van der Waals surface area contributed by atoms with E-state index in [0.717, 1.165) is 67.9 Å². The van der Waals surface area contributed by atoms with Gasteiger partial charge in [0.15, 0.2) is 0 Å². The standard InChI is InChI=1S/C34H46N6O4/c1-7-8-19-43-23(3)29-22(2)27-21-36-32(38-30(27)40(31(29)41)26-11-9-10-12-26)37-28-14-13-25(20-35-28)24-15-17-39(18-16-24)33(42)44-34(4,5)6/h13-14,20-21,24,26H,3,7-12,15-19H2,1-2,4-6H3,(H,35,36,37,38). The number of likely N-dealkylation sites (tertiary alicyclic amines) is 1. The number of fused-ring (bicyclic) bond motifs is 1. The predicted octanol–water partition coefficient (Wildman–Crippen LogP) is 7.26. The van der Waals surface area contributed by atoms with Crippen LogP contribution in [0.4, 0.5) is 16.6 Å². The lowest BCUT2D eigenvalue weighted by Gasteiger charge is -2.33. The number of rotatable bonds is 9. The van der Waals surface area contributed by atoms with Crippen LogP contribution in [0.25, 0.3) is 16.8 Å². The molecule has 0 spiro atoms. The summed E-state index contributed by atoms with van der Waals surface area (Å²) in [5.74, 6) is 1.75. The number of aromatic nitrogens is 4. The Labute approximate surface area is 259 Å². The Morgan fingerprint density at radius 1 is 1.09 bits per heavy atom. The summed E-state index contributed by atoms with van der Waals surface area (Å²) in [5.41, 5.74) is 2.46. The Morgan fingerprint density at radius 3 is 2.45 bits per heavy atom. The molecule has 10 nitrogen and oxygen atoms in total. The number of anilines is 2. The molecule has 0 radical (unpaired) electrons. The lowest BCUT2D eigenvalue weighted by molar-refractivity contribution is 0.0205. The van der Waals surface area contributed by atoms with E-state index in [1.807, 2.05) is 44.5 Å². The third-order valence-corrected chi connectivity index (χ3v) is 8.60. The maximum absolute atomic E-state index is 13.9. The number of unbranched alkanes of at least 4 members (excludes halogenated alkanes) is 1. The van der Waals surface area contributed by atoms with Crippen LogP contribution in [0.15, 0.2) is 35.9 Å². The van der Waals surface area contributed by atoms with Gasteiger partial charge in [-0.15, -0.1) is 0 Å². The van der Waals surface area contributed by atoms with E-state index in [1.54, 1.807) is 11.1 Å².